The topological polar surface area (TPSA) is 66.9 Å². The van der Waals surface area contributed by atoms with Crippen LogP contribution in [0, 0.1) is 0 Å². The fourth-order valence-corrected chi connectivity index (χ4v) is 2.24. The summed E-state index contributed by atoms with van der Waals surface area (Å²) in [5.41, 5.74) is 0.409. The summed E-state index contributed by atoms with van der Waals surface area (Å²) in [5.74, 6) is 0.340. The van der Waals surface area contributed by atoms with Gasteiger partial charge in [-0.25, -0.2) is 9.97 Å². The van der Waals surface area contributed by atoms with Crippen LogP contribution in [0.1, 0.15) is 42.6 Å². The highest BCUT2D eigenvalue weighted by Gasteiger charge is 2.17. The van der Waals surface area contributed by atoms with E-state index in [1.807, 2.05) is 0 Å². The van der Waals surface area contributed by atoms with Crippen molar-refractivity contribution in [2.24, 2.45) is 0 Å². The second kappa shape index (κ2) is 6.87. The van der Waals surface area contributed by atoms with Crippen LogP contribution in [-0.4, -0.2) is 28.5 Å². The summed E-state index contributed by atoms with van der Waals surface area (Å²) in [7, 11) is 0. The first kappa shape index (κ1) is 13.5. The average Bonchev–Trinajstić information content (AvgIpc) is 2.46. The molecule has 1 aromatic rings. The standard InChI is InChI=1S/C14H20N4O/c1-2-9-15-14-16-10-8-12(18-14)13(19)17-11-6-4-3-5-7-11/h2,8,10-11H,1,3-7,9H2,(H,17,19)(H,15,16,18). The second-order valence-electron chi connectivity index (χ2n) is 4.74. The van der Waals surface area contributed by atoms with Gasteiger partial charge >= 0.3 is 0 Å². The number of hydrogen-bond acceptors (Lipinski definition) is 4. The van der Waals surface area contributed by atoms with Crippen LogP contribution in [0.15, 0.2) is 24.9 Å². The van der Waals surface area contributed by atoms with E-state index in [1.165, 1.54) is 19.3 Å². The van der Waals surface area contributed by atoms with Crippen LogP contribution in [-0.2, 0) is 0 Å². The summed E-state index contributed by atoms with van der Waals surface area (Å²) in [6, 6.07) is 1.93. The molecule has 0 saturated heterocycles. The van der Waals surface area contributed by atoms with Crippen molar-refractivity contribution in [2.75, 3.05) is 11.9 Å². The third-order valence-corrected chi connectivity index (χ3v) is 3.23. The van der Waals surface area contributed by atoms with Crippen molar-refractivity contribution in [3.05, 3.63) is 30.6 Å². The zero-order valence-electron chi connectivity index (χ0n) is 11.1. The van der Waals surface area contributed by atoms with Crippen LogP contribution in [0.25, 0.3) is 0 Å². The Hall–Kier alpha value is -1.91. The molecule has 0 unspecified atom stereocenters. The largest absolute Gasteiger partial charge is 0.351 e. The van der Waals surface area contributed by atoms with Crippen molar-refractivity contribution in [1.29, 1.82) is 0 Å². The Morgan fingerprint density at radius 2 is 2.21 bits per heavy atom. The molecule has 1 heterocycles. The van der Waals surface area contributed by atoms with Gasteiger partial charge in [0.25, 0.3) is 5.91 Å². The number of carbonyl (C=O) groups is 1. The van der Waals surface area contributed by atoms with Crippen molar-refractivity contribution >= 4 is 11.9 Å². The molecule has 5 heteroatoms. The van der Waals surface area contributed by atoms with Gasteiger partial charge in [-0.05, 0) is 18.9 Å². The summed E-state index contributed by atoms with van der Waals surface area (Å²) in [4.78, 5) is 20.3. The van der Waals surface area contributed by atoms with Crippen LogP contribution < -0.4 is 10.6 Å². The number of hydrogen-bond donors (Lipinski definition) is 2. The average molecular weight is 260 g/mol. The zero-order chi connectivity index (χ0) is 13.5. The minimum Gasteiger partial charge on any atom is -0.351 e. The maximum Gasteiger partial charge on any atom is 0.270 e. The van der Waals surface area contributed by atoms with E-state index >= 15 is 0 Å². The van der Waals surface area contributed by atoms with Crippen LogP contribution >= 0.6 is 0 Å². The van der Waals surface area contributed by atoms with Gasteiger partial charge in [0.05, 0.1) is 0 Å². The fourth-order valence-electron chi connectivity index (χ4n) is 2.24. The quantitative estimate of drug-likeness (QED) is 0.796. The lowest BCUT2D eigenvalue weighted by atomic mass is 9.95. The maximum atomic E-state index is 12.1. The van der Waals surface area contributed by atoms with Gasteiger partial charge in [-0.15, -0.1) is 6.58 Å². The zero-order valence-corrected chi connectivity index (χ0v) is 11.1. The van der Waals surface area contributed by atoms with Gasteiger partial charge in [-0.3, -0.25) is 4.79 Å². The Balaban J connectivity index is 1.95. The highest BCUT2D eigenvalue weighted by atomic mass is 16.1. The van der Waals surface area contributed by atoms with Crippen molar-refractivity contribution in [3.8, 4) is 0 Å². The summed E-state index contributed by atoms with van der Waals surface area (Å²) in [6.07, 6.45) is 9.11. The van der Waals surface area contributed by atoms with Crippen molar-refractivity contribution in [1.82, 2.24) is 15.3 Å². The lowest BCUT2D eigenvalue weighted by Crippen LogP contribution is -2.36. The molecule has 5 nitrogen and oxygen atoms in total. The van der Waals surface area contributed by atoms with Gasteiger partial charge in [-0.2, -0.15) is 0 Å². The van der Waals surface area contributed by atoms with Crippen LogP contribution in [0.2, 0.25) is 0 Å². The Kier molecular flexibility index (Phi) is 4.89. The molecule has 19 heavy (non-hydrogen) atoms. The molecule has 0 bridgehead atoms. The number of carbonyl (C=O) groups excluding carboxylic acids is 1. The molecule has 0 atom stereocenters. The molecule has 102 valence electrons. The first-order valence-corrected chi connectivity index (χ1v) is 6.78. The summed E-state index contributed by atoms with van der Waals surface area (Å²) >= 11 is 0. The Bertz CT molecular complexity index is 441. The summed E-state index contributed by atoms with van der Waals surface area (Å²) < 4.78 is 0. The predicted octanol–water partition coefficient (Wildman–Crippen LogP) is 2.14. The van der Waals surface area contributed by atoms with E-state index in [2.05, 4.69) is 27.2 Å². The van der Waals surface area contributed by atoms with Gasteiger partial charge < -0.3 is 10.6 Å². The highest BCUT2D eigenvalue weighted by molar-refractivity contribution is 5.92. The molecule has 1 fully saturated rings. The van der Waals surface area contributed by atoms with Crippen LogP contribution in [0.4, 0.5) is 5.95 Å². The van der Waals surface area contributed by atoms with Crippen molar-refractivity contribution in [2.45, 2.75) is 38.1 Å². The van der Waals surface area contributed by atoms with E-state index in [4.69, 9.17) is 0 Å². The molecule has 1 saturated carbocycles. The fraction of sp³-hybridized carbons (Fsp3) is 0.500. The molecule has 0 radical (unpaired) electrons. The van der Waals surface area contributed by atoms with Crippen molar-refractivity contribution in [3.63, 3.8) is 0 Å². The molecule has 0 aromatic carbocycles. The number of rotatable bonds is 5. The van der Waals surface area contributed by atoms with E-state index in [9.17, 15) is 4.79 Å². The van der Waals surface area contributed by atoms with Crippen LogP contribution in [0.5, 0.6) is 0 Å². The van der Waals surface area contributed by atoms with E-state index in [0.717, 1.165) is 12.8 Å². The number of nitrogens with zero attached hydrogens (tertiary/aromatic N) is 2. The van der Waals surface area contributed by atoms with E-state index in [1.54, 1.807) is 18.3 Å². The Morgan fingerprint density at radius 3 is 2.95 bits per heavy atom. The van der Waals surface area contributed by atoms with Crippen molar-refractivity contribution < 1.29 is 4.79 Å². The number of amides is 1. The maximum absolute atomic E-state index is 12.1. The molecule has 1 aliphatic carbocycles. The summed E-state index contributed by atoms with van der Waals surface area (Å²) in [6.45, 7) is 4.19. The van der Waals surface area contributed by atoms with Gasteiger partial charge in [0, 0.05) is 18.8 Å². The van der Waals surface area contributed by atoms with E-state index in [0.29, 0.717) is 24.2 Å². The third-order valence-electron chi connectivity index (χ3n) is 3.23. The lowest BCUT2D eigenvalue weighted by molar-refractivity contribution is 0.0922. The molecule has 0 spiro atoms. The molecule has 2 N–H and O–H groups in total. The third kappa shape index (κ3) is 4.05. The molecule has 1 aliphatic rings. The minimum atomic E-state index is -0.115. The lowest BCUT2D eigenvalue weighted by Gasteiger charge is -2.22. The van der Waals surface area contributed by atoms with E-state index in [-0.39, 0.29) is 5.91 Å². The SMILES string of the molecule is C=CCNc1nccc(C(=O)NC2CCCCC2)n1. The second-order valence-corrected chi connectivity index (χ2v) is 4.74. The molecule has 0 aliphatic heterocycles. The molecular formula is C14H20N4O. The Morgan fingerprint density at radius 1 is 1.42 bits per heavy atom. The predicted molar refractivity (Wildman–Crippen MR) is 75.1 cm³/mol. The molecular weight excluding hydrogens is 240 g/mol. The van der Waals surface area contributed by atoms with Gasteiger partial charge in [-0.1, -0.05) is 25.3 Å². The normalized spacial score (nSPS) is 15.8. The monoisotopic (exact) mass is 260 g/mol. The highest BCUT2D eigenvalue weighted by Crippen LogP contribution is 2.17. The van der Waals surface area contributed by atoms with Crippen LogP contribution in [0.3, 0.4) is 0 Å². The molecule has 2 rings (SSSR count). The molecule has 1 aromatic heterocycles. The smallest absolute Gasteiger partial charge is 0.270 e. The number of nitrogens with one attached hydrogen (secondary N) is 2. The van der Waals surface area contributed by atoms with E-state index < -0.39 is 0 Å². The minimum absolute atomic E-state index is 0.115. The number of aromatic nitrogens is 2. The first-order chi connectivity index (χ1) is 9.29. The molecule has 1 amide bonds. The number of anilines is 1. The van der Waals surface area contributed by atoms with Gasteiger partial charge in [0.2, 0.25) is 5.95 Å². The summed E-state index contributed by atoms with van der Waals surface area (Å²) in [5, 5.41) is 6.01. The Labute approximate surface area is 113 Å². The van der Waals surface area contributed by atoms with Gasteiger partial charge in [0.1, 0.15) is 5.69 Å². The first-order valence-electron chi connectivity index (χ1n) is 6.78. The van der Waals surface area contributed by atoms with Gasteiger partial charge in [0.15, 0.2) is 0 Å².